The second kappa shape index (κ2) is 7.62. The van der Waals surface area contributed by atoms with Crippen molar-refractivity contribution in [2.75, 3.05) is 18.6 Å². The second-order valence-corrected chi connectivity index (χ2v) is 6.68. The fourth-order valence-corrected chi connectivity index (χ4v) is 3.15. The summed E-state index contributed by atoms with van der Waals surface area (Å²) in [5.41, 5.74) is 0.760. The Labute approximate surface area is 153 Å². The highest BCUT2D eigenvalue weighted by atomic mass is 35.5. The molecule has 0 radical (unpaired) electrons. The van der Waals surface area contributed by atoms with Crippen molar-refractivity contribution in [2.45, 2.75) is 11.7 Å². The van der Waals surface area contributed by atoms with Gasteiger partial charge in [0.1, 0.15) is 5.76 Å². The number of hydrogen-bond acceptors (Lipinski definition) is 6. The van der Waals surface area contributed by atoms with E-state index >= 15 is 0 Å². The molecule has 0 saturated carbocycles. The monoisotopic (exact) mass is 377 g/mol. The normalized spacial score (nSPS) is 10.8. The standard InChI is InChI=1S/C16H16ClN5O2S/c1-21(9-13-6-3-7-24-13)14(23)10-25-16-20-19-15(22(16)18)11-4-2-5-12(17)8-11/h2-8H,9-10,18H2,1H3. The van der Waals surface area contributed by atoms with Crippen LogP contribution in [0.1, 0.15) is 5.76 Å². The van der Waals surface area contributed by atoms with Crippen molar-refractivity contribution in [1.29, 1.82) is 0 Å². The molecule has 25 heavy (non-hydrogen) atoms. The summed E-state index contributed by atoms with van der Waals surface area (Å²) in [6.07, 6.45) is 1.58. The number of halogens is 1. The molecule has 3 rings (SSSR count). The van der Waals surface area contributed by atoms with Gasteiger partial charge in [-0.2, -0.15) is 0 Å². The molecule has 0 spiro atoms. The maximum atomic E-state index is 12.2. The summed E-state index contributed by atoms with van der Waals surface area (Å²) in [6, 6.07) is 10.8. The lowest BCUT2D eigenvalue weighted by molar-refractivity contribution is -0.127. The number of nitrogen functional groups attached to an aromatic ring is 1. The van der Waals surface area contributed by atoms with Crippen LogP contribution in [0.5, 0.6) is 0 Å². The minimum atomic E-state index is -0.0614. The molecule has 2 aromatic heterocycles. The van der Waals surface area contributed by atoms with Crippen LogP contribution < -0.4 is 5.84 Å². The third kappa shape index (κ3) is 4.15. The number of aromatic nitrogens is 3. The highest BCUT2D eigenvalue weighted by Gasteiger charge is 2.16. The third-order valence-corrected chi connectivity index (χ3v) is 4.63. The number of carbonyl (C=O) groups is 1. The number of nitrogens with zero attached hydrogens (tertiary/aromatic N) is 4. The summed E-state index contributed by atoms with van der Waals surface area (Å²) < 4.78 is 6.60. The van der Waals surface area contributed by atoms with E-state index in [2.05, 4.69) is 10.2 Å². The van der Waals surface area contributed by atoms with E-state index in [4.69, 9.17) is 21.9 Å². The van der Waals surface area contributed by atoms with Crippen molar-refractivity contribution < 1.29 is 9.21 Å². The Kier molecular flexibility index (Phi) is 5.30. The van der Waals surface area contributed by atoms with Crippen LogP contribution in [0.4, 0.5) is 0 Å². The SMILES string of the molecule is CN(Cc1ccco1)C(=O)CSc1nnc(-c2cccc(Cl)c2)n1N. The van der Waals surface area contributed by atoms with Crippen LogP contribution >= 0.6 is 23.4 Å². The van der Waals surface area contributed by atoms with Gasteiger partial charge in [-0.1, -0.05) is 35.5 Å². The molecule has 0 unspecified atom stereocenters. The molecule has 2 N–H and O–H groups in total. The number of amides is 1. The van der Waals surface area contributed by atoms with Gasteiger partial charge in [0.2, 0.25) is 11.1 Å². The molecule has 1 aromatic carbocycles. The van der Waals surface area contributed by atoms with Gasteiger partial charge in [-0.05, 0) is 24.3 Å². The first-order valence-corrected chi connectivity index (χ1v) is 8.76. The summed E-state index contributed by atoms with van der Waals surface area (Å²) >= 11 is 7.21. The number of nitrogens with two attached hydrogens (primary N) is 1. The van der Waals surface area contributed by atoms with E-state index in [0.717, 1.165) is 11.3 Å². The summed E-state index contributed by atoms with van der Waals surface area (Å²) in [7, 11) is 1.72. The molecular weight excluding hydrogens is 362 g/mol. The van der Waals surface area contributed by atoms with Gasteiger partial charge in [-0.15, -0.1) is 10.2 Å². The van der Waals surface area contributed by atoms with Crippen molar-refractivity contribution in [2.24, 2.45) is 0 Å². The number of furan rings is 1. The average molecular weight is 378 g/mol. The first-order chi connectivity index (χ1) is 12.0. The van der Waals surface area contributed by atoms with Crippen LogP contribution in [-0.2, 0) is 11.3 Å². The van der Waals surface area contributed by atoms with Gasteiger partial charge in [0.05, 0.1) is 18.6 Å². The number of hydrogen-bond donors (Lipinski definition) is 1. The molecule has 0 atom stereocenters. The number of rotatable bonds is 6. The highest BCUT2D eigenvalue weighted by Crippen LogP contribution is 2.24. The molecule has 3 aromatic rings. The van der Waals surface area contributed by atoms with E-state index < -0.39 is 0 Å². The van der Waals surface area contributed by atoms with Gasteiger partial charge in [-0.25, -0.2) is 4.68 Å². The lowest BCUT2D eigenvalue weighted by Gasteiger charge is -2.15. The summed E-state index contributed by atoms with van der Waals surface area (Å²) in [5, 5.41) is 9.17. The summed E-state index contributed by atoms with van der Waals surface area (Å²) in [6.45, 7) is 0.412. The Hall–Kier alpha value is -2.45. The average Bonchev–Trinajstić information content (AvgIpc) is 3.22. The van der Waals surface area contributed by atoms with E-state index in [1.807, 2.05) is 18.2 Å². The highest BCUT2D eigenvalue weighted by molar-refractivity contribution is 7.99. The predicted octanol–water partition coefficient (Wildman–Crippen LogP) is 2.66. The quantitative estimate of drug-likeness (QED) is 0.524. The Morgan fingerprint density at radius 1 is 1.36 bits per heavy atom. The lowest BCUT2D eigenvalue weighted by Crippen LogP contribution is -2.27. The van der Waals surface area contributed by atoms with Crippen LogP contribution in [0.2, 0.25) is 5.02 Å². The maximum absolute atomic E-state index is 12.2. The van der Waals surface area contributed by atoms with Crippen molar-refractivity contribution >= 4 is 29.3 Å². The molecule has 0 aliphatic heterocycles. The van der Waals surface area contributed by atoms with E-state index in [9.17, 15) is 4.79 Å². The van der Waals surface area contributed by atoms with Gasteiger partial charge in [0.25, 0.3) is 0 Å². The van der Waals surface area contributed by atoms with Crippen LogP contribution in [0.15, 0.2) is 52.2 Å². The number of thioether (sulfide) groups is 1. The molecule has 0 aliphatic rings. The van der Waals surface area contributed by atoms with Crippen LogP contribution in [0, 0.1) is 0 Å². The zero-order valence-electron chi connectivity index (χ0n) is 13.4. The molecule has 130 valence electrons. The minimum Gasteiger partial charge on any atom is -0.467 e. The minimum absolute atomic E-state index is 0.0614. The molecule has 7 nitrogen and oxygen atoms in total. The largest absolute Gasteiger partial charge is 0.467 e. The molecule has 0 aliphatic carbocycles. The first-order valence-electron chi connectivity index (χ1n) is 7.40. The zero-order valence-corrected chi connectivity index (χ0v) is 15.0. The zero-order chi connectivity index (χ0) is 17.8. The molecule has 9 heteroatoms. The van der Waals surface area contributed by atoms with E-state index in [-0.39, 0.29) is 11.7 Å². The van der Waals surface area contributed by atoms with Gasteiger partial charge in [0, 0.05) is 17.6 Å². The van der Waals surface area contributed by atoms with Crippen LogP contribution in [0.3, 0.4) is 0 Å². The molecular formula is C16H16ClN5O2S. The van der Waals surface area contributed by atoms with Gasteiger partial charge in [-0.3, -0.25) is 4.79 Å². The van der Waals surface area contributed by atoms with Crippen LogP contribution in [-0.4, -0.2) is 38.5 Å². The third-order valence-electron chi connectivity index (χ3n) is 3.47. The predicted molar refractivity (Wildman–Crippen MR) is 96.5 cm³/mol. The Morgan fingerprint density at radius 3 is 2.92 bits per heavy atom. The second-order valence-electron chi connectivity index (χ2n) is 5.30. The Balaban J connectivity index is 1.63. The van der Waals surface area contributed by atoms with E-state index in [1.165, 1.54) is 16.4 Å². The topological polar surface area (TPSA) is 90.2 Å². The summed E-state index contributed by atoms with van der Waals surface area (Å²) in [4.78, 5) is 13.8. The molecule has 0 saturated heterocycles. The van der Waals surface area contributed by atoms with Crippen molar-refractivity contribution in [3.05, 3.63) is 53.4 Å². The Morgan fingerprint density at radius 2 is 2.20 bits per heavy atom. The van der Waals surface area contributed by atoms with Gasteiger partial charge >= 0.3 is 0 Å². The van der Waals surface area contributed by atoms with E-state index in [1.54, 1.807) is 36.4 Å². The maximum Gasteiger partial charge on any atom is 0.233 e. The molecule has 1 amide bonds. The van der Waals surface area contributed by atoms with E-state index in [0.29, 0.717) is 22.5 Å². The first kappa shape index (κ1) is 17.4. The van der Waals surface area contributed by atoms with Crippen molar-refractivity contribution in [1.82, 2.24) is 19.8 Å². The fourth-order valence-electron chi connectivity index (χ4n) is 2.16. The lowest BCUT2D eigenvalue weighted by atomic mass is 10.2. The molecule has 2 heterocycles. The van der Waals surface area contributed by atoms with Gasteiger partial charge < -0.3 is 15.2 Å². The smallest absolute Gasteiger partial charge is 0.233 e. The Bertz CT molecular complexity index is 865. The van der Waals surface area contributed by atoms with Gasteiger partial charge in [0.15, 0.2) is 5.82 Å². The number of carbonyl (C=O) groups excluding carboxylic acids is 1. The van der Waals surface area contributed by atoms with Crippen molar-refractivity contribution in [3.63, 3.8) is 0 Å². The molecule has 0 fully saturated rings. The number of benzene rings is 1. The van der Waals surface area contributed by atoms with Crippen molar-refractivity contribution in [3.8, 4) is 11.4 Å². The summed E-state index contributed by atoms with van der Waals surface area (Å²) in [5.74, 6) is 7.40. The fraction of sp³-hybridized carbons (Fsp3) is 0.188. The van der Waals surface area contributed by atoms with Crippen LogP contribution in [0.25, 0.3) is 11.4 Å². The molecule has 0 bridgehead atoms.